The molecule has 0 aliphatic rings. The highest BCUT2D eigenvalue weighted by Crippen LogP contribution is 2.32. The molecule has 0 unspecified atom stereocenters. The van der Waals surface area contributed by atoms with E-state index in [1.807, 2.05) is 37.3 Å². The molecular weight excluding hydrogens is 434 g/mol. The molecule has 0 spiro atoms. The Bertz CT molecular complexity index is 1390. The highest BCUT2D eigenvalue weighted by Gasteiger charge is 2.20. The summed E-state index contributed by atoms with van der Waals surface area (Å²) in [4.78, 5) is 17.8. The summed E-state index contributed by atoms with van der Waals surface area (Å²) in [7, 11) is -0.585. The molecule has 1 N–H and O–H groups in total. The van der Waals surface area contributed by atoms with Crippen LogP contribution in [0.25, 0.3) is 21.0 Å². The maximum Gasteiger partial charge on any atom is 0.261 e. The maximum atomic E-state index is 13.2. The van der Waals surface area contributed by atoms with Crippen molar-refractivity contribution in [2.24, 2.45) is 0 Å². The molecule has 7 nitrogen and oxygen atoms in total. The van der Waals surface area contributed by atoms with Crippen molar-refractivity contribution in [2.75, 3.05) is 26.0 Å². The molecule has 9 heteroatoms. The molecule has 3 aromatic carbocycles. The number of rotatable bonds is 6. The molecule has 0 aliphatic heterocycles. The topological polar surface area (TPSA) is 88.6 Å². The van der Waals surface area contributed by atoms with Crippen molar-refractivity contribution in [2.45, 2.75) is 11.8 Å². The Labute approximate surface area is 184 Å². The number of aromatic nitrogens is 1. The van der Waals surface area contributed by atoms with E-state index in [0.29, 0.717) is 33.3 Å². The number of sulfonamides is 1. The summed E-state index contributed by atoms with van der Waals surface area (Å²) in [6, 6.07) is 16.0. The van der Waals surface area contributed by atoms with Crippen LogP contribution >= 0.6 is 11.3 Å². The third-order valence-electron chi connectivity index (χ3n) is 4.78. The molecule has 0 bridgehead atoms. The minimum atomic E-state index is -3.55. The van der Waals surface area contributed by atoms with Gasteiger partial charge < -0.3 is 4.74 Å². The van der Waals surface area contributed by atoms with Gasteiger partial charge in [0.1, 0.15) is 5.75 Å². The van der Waals surface area contributed by atoms with E-state index in [0.717, 1.165) is 15.1 Å². The van der Waals surface area contributed by atoms with Gasteiger partial charge in [-0.05, 0) is 42.0 Å². The number of hydrogen-bond acceptors (Lipinski definition) is 6. The van der Waals surface area contributed by atoms with Crippen molar-refractivity contribution in [3.05, 3.63) is 60.2 Å². The minimum Gasteiger partial charge on any atom is -0.493 e. The van der Waals surface area contributed by atoms with Gasteiger partial charge in [0.2, 0.25) is 10.0 Å². The quantitative estimate of drug-likeness (QED) is 0.467. The lowest BCUT2D eigenvalue weighted by atomic mass is 10.0. The lowest BCUT2D eigenvalue weighted by molar-refractivity contribution is 0.102. The van der Waals surface area contributed by atoms with Gasteiger partial charge in [0.25, 0.3) is 5.91 Å². The first-order valence-electron chi connectivity index (χ1n) is 9.60. The van der Waals surface area contributed by atoms with Crippen molar-refractivity contribution < 1.29 is 17.9 Å². The van der Waals surface area contributed by atoms with Crippen LogP contribution in [0.4, 0.5) is 5.13 Å². The Hall–Kier alpha value is -3.01. The molecule has 1 amide bonds. The number of thiazole rings is 1. The summed E-state index contributed by atoms with van der Waals surface area (Å²) in [5.74, 6) is 0.166. The number of hydrogen-bond donors (Lipinski definition) is 1. The van der Waals surface area contributed by atoms with Gasteiger partial charge in [-0.3, -0.25) is 10.1 Å². The van der Waals surface area contributed by atoms with Crippen LogP contribution in [0.5, 0.6) is 5.75 Å². The molecule has 0 saturated heterocycles. The van der Waals surface area contributed by atoms with Gasteiger partial charge in [-0.1, -0.05) is 41.7 Å². The summed E-state index contributed by atoms with van der Waals surface area (Å²) in [5, 5.41) is 4.95. The van der Waals surface area contributed by atoms with Gasteiger partial charge in [0.05, 0.1) is 27.3 Å². The highest BCUT2D eigenvalue weighted by atomic mass is 32.2. The Morgan fingerprint density at radius 2 is 1.90 bits per heavy atom. The zero-order valence-electron chi connectivity index (χ0n) is 17.2. The smallest absolute Gasteiger partial charge is 0.261 e. The Kier molecular flexibility index (Phi) is 5.65. The zero-order chi connectivity index (χ0) is 22.2. The van der Waals surface area contributed by atoms with Crippen LogP contribution in [0.3, 0.4) is 0 Å². The molecule has 0 radical (unpaired) electrons. The largest absolute Gasteiger partial charge is 0.493 e. The van der Waals surface area contributed by atoms with E-state index in [9.17, 15) is 13.2 Å². The second kappa shape index (κ2) is 8.26. The molecule has 4 aromatic rings. The fraction of sp³-hybridized carbons (Fsp3) is 0.182. The number of ether oxygens (including phenoxy) is 1. The first-order chi connectivity index (χ1) is 14.8. The predicted molar refractivity (Wildman–Crippen MR) is 124 cm³/mol. The number of benzene rings is 3. The first kappa shape index (κ1) is 21.2. The van der Waals surface area contributed by atoms with E-state index in [4.69, 9.17) is 4.74 Å². The van der Waals surface area contributed by atoms with Crippen LogP contribution in [0, 0.1) is 0 Å². The standard InChI is InChI=1S/C22H21N3O4S2/c1-4-29-18-12-9-14-7-5-6-8-16(14)20(18)21(26)24-22-23-17-11-10-15(13-19(17)30-22)31(27,28)25(2)3/h5-13H,4H2,1-3H3,(H,23,24,26). The molecule has 0 atom stereocenters. The number of carbonyl (C=O) groups excluding carboxylic acids is 1. The average molecular weight is 456 g/mol. The van der Waals surface area contributed by atoms with E-state index in [1.165, 1.54) is 31.5 Å². The van der Waals surface area contributed by atoms with Crippen LogP contribution in [-0.2, 0) is 10.0 Å². The zero-order valence-corrected chi connectivity index (χ0v) is 18.9. The second-order valence-corrected chi connectivity index (χ2v) is 10.2. The average Bonchev–Trinajstić information content (AvgIpc) is 3.14. The first-order valence-corrected chi connectivity index (χ1v) is 11.9. The van der Waals surface area contributed by atoms with Gasteiger partial charge in [-0.15, -0.1) is 0 Å². The molecule has 1 heterocycles. The predicted octanol–water partition coefficient (Wildman–Crippen LogP) is 4.35. The van der Waals surface area contributed by atoms with E-state index in [1.54, 1.807) is 18.2 Å². The van der Waals surface area contributed by atoms with Crippen LogP contribution < -0.4 is 10.1 Å². The fourth-order valence-corrected chi connectivity index (χ4v) is 5.15. The van der Waals surface area contributed by atoms with Crippen LogP contribution in [-0.4, -0.2) is 44.3 Å². The van der Waals surface area contributed by atoms with Gasteiger partial charge in [-0.2, -0.15) is 0 Å². The molecule has 4 rings (SSSR count). The lowest BCUT2D eigenvalue weighted by Gasteiger charge is -2.12. The van der Waals surface area contributed by atoms with Gasteiger partial charge in [0.15, 0.2) is 5.13 Å². The molecule has 160 valence electrons. The number of anilines is 1. The molecule has 0 aliphatic carbocycles. The van der Waals surface area contributed by atoms with E-state index < -0.39 is 10.0 Å². The van der Waals surface area contributed by atoms with E-state index in [-0.39, 0.29) is 10.8 Å². The summed E-state index contributed by atoms with van der Waals surface area (Å²) in [5.41, 5.74) is 1.05. The third kappa shape index (κ3) is 3.99. The maximum absolute atomic E-state index is 13.2. The van der Waals surface area contributed by atoms with Gasteiger partial charge >= 0.3 is 0 Å². The van der Waals surface area contributed by atoms with Gasteiger partial charge in [-0.25, -0.2) is 17.7 Å². The SMILES string of the molecule is CCOc1ccc2ccccc2c1C(=O)Nc1nc2ccc(S(=O)(=O)N(C)C)cc2s1. The van der Waals surface area contributed by atoms with Crippen molar-refractivity contribution in [3.8, 4) is 5.75 Å². The van der Waals surface area contributed by atoms with E-state index >= 15 is 0 Å². The Morgan fingerprint density at radius 3 is 2.65 bits per heavy atom. The molecule has 0 saturated carbocycles. The number of nitrogens with zero attached hydrogens (tertiary/aromatic N) is 2. The summed E-state index contributed by atoms with van der Waals surface area (Å²) in [6.07, 6.45) is 0. The minimum absolute atomic E-state index is 0.180. The van der Waals surface area contributed by atoms with Crippen LogP contribution in [0.15, 0.2) is 59.5 Å². The fourth-order valence-electron chi connectivity index (χ4n) is 3.25. The van der Waals surface area contributed by atoms with Crippen molar-refractivity contribution in [1.29, 1.82) is 0 Å². The normalized spacial score (nSPS) is 11.9. The number of fused-ring (bicyclic) bond motifs is 2. The number of amides is 1. The Morgan fingerprint density at radius 1 is 1.13 bits per heavy atom. The van der Waals surface area contributed by atoms with Crippen LogP contribution in [0.1, 0.15) is 17.3 Å². The second-order valence-electron chi connectivity index (χ2n) is 6.98. The summed E-state index contributed by atoms with van der Waals surface area (Å²) < 4.78 is 32.3. The van der Waals surface area contributed by atoms with Crippen molar-refractivity contribution >= 4 is 53.4 Å². The molecular formula is C22H21N3O4S2. The number of carbonyl (C=O) groups is 1. The van der Waals surface area contributed by atoms with Crippen molar-refractivity contribution in [3.63, 3.8) is 0 Å². The molecule has 31 heavy (non-hydrogen) atoms. The lowest BCUT2D eigenvalue weighted by Crippen LogP contribution is -2.22. The summed E-state index contributed by atoms with van der Waals surface area (Å²) >= 11 is 1.22. The third-order valence-corrected chi connectivity index (χ3v) is 7.52. The van der Waals surface area contributed by atoms with E-state index in [2.05, 4.69) is 10.3 Å². The number of nitrogens with one attached hydrogen (secondary N) is 1. The van der Waals surface area contributed by atoms with Crippen LogP contribution in [0.2, 0.25) is 0 Å². The summed E-state index contributed by atoms with van der Waals surface area (Å²) in [6.45, 7) is 2.30. The molecule has 0 fully saturated rings. The monoisotopic (exact) mass is 455 g/mol. The van der Waals surface area contributed by atoms with Crippen molar-refractivity contribution in [1.82, 2.24) is 9.29 Å². The highest BCUT2D eigenvalue weighted by molar-refractivity contribution is 7.89. The van der Waals surface area contributed by atoms with Gasteiger partial charge in [0, 0.05) is 14.1 Å². The molecule has 1 aromatic heterocycles. The Balaban J connectivity index is 1.71.